The minimum atomic E-state index is -2.60. The summed E-state index contributed by atoms with van der Waals surface area (Å²) in [5.74, 6) is -1.67. The smallest absolute Gasteiger partial charge is 0.320 e. The Kier molecular flexibility index (Phi) is 13.3. The quantitative estimate of drug-likeness (QED) is 0.461. The molecule has 13 heteroatoms. The van der Waals surface area contributed by atoms with Crippen LogP contribution >= 0.6 is 0 Å². The van der Waals surface area contributed by atoms with E-state index in [1.54, 1.807) is 26.2 Å². The van der Waals surface area contributed by atoms with Gasteiger partial charge in [-0.2, -0.15) is 0 Å². The van der Waals surface area contributed by atoms with Gasteiger partial charge in [-0.15, -0.1) is 0 Å². The first-order valence-corrected chi connectivity index (χ1v) is 18.9. The molecule has 0 fully saturated rings. The van der Waals surface area contributed by atoms with E-state index in [1.165, 1.54) is 0 Å². The average molecular weight is 435 g/mol. The second kappa shape index (κ2) is 11.3. The third kappa shape index (κ3) is 35.6. The minimum Gasteiger partial charge on any atom is -0.481 e. The molecule has 0 amide bonds. The molecule has 0 radical (unpaired) electrons. The highest BCUT2D eigenvalue weighted by Crippen LogP contribution is 2.22. The molecule has 0 saturated carbocycles. The maximum atomic E-state index is 9.79. The van der Waals surface area contributed by atoms with Crippen molar-refractivity contribution in [3.8, 4) is 0 Å². The van der Waals surface area contributed by atoms with E-state index >= 15 is 0 Å². The third-order valence-electron chi connectivity index (χ3n) is 1.48. The molecule has 0 aliphatic rings. The van der Waals surface area contributed by atoms with Crippen LogP contribution in [-0.4, -0.2) is 66.0 Å². The number of hydrogen-bond acceptors (Lipinski definition) is 7. The summed E-state index contributed by atoms with van der Waals surface area (Å²) in [7, 11) is -10.0. The van der Waals surface area contributed by atoms with Crippen LogP contribution in [0, 0.1) is 0 Å². The van der Waals surface area contributed by atoms with Crippen molar-refractivity contribution < 1.29 is 41.7 Å². The number of aliphatic carboxylic acids is 2. The van der Waals surface area contributed by atoms with Gasteiger partial charge in [0.25, 0.3) is 11.9 Å². The van der Waals surface area contributed by atoms with Crippen molar-refractivity contribution in [2.45, 2.75) is 66.2 Å². The van der Waals surface area contributed by atoms with E-state index in [-0.39, 0.29) is 0 Å². The fourth-order valence-corrected chi connectivity index (χ4v) is 17.3. The summed E-state index contributed by atoms with van der Waals surface area (Å²) in [6.45, 7) is 16.6. The van der Waals surface area contributed by atoms with Gasteiger partial charge in [-0.25, -0.2) is 0 Å². The van der Waals surface area contributed by atoms with Crippen molar-refractivity contribution in [2.75, 3.05) is 0 Å². The van der Waals surface area contributed by atoms with E-state index in [2.05, 4.69) is 0 Å². The number of rotatable bonds is 6. The lowest BCUT2D eigenvalue weighted by Gasteiger charge is -2.38. The van der Waals surface area contributed by atoms with Crippen molar-refractivity contribution in [3.05, 3.63) is 0 Å². The van der Waals surface area contributed by atoms with Crippen LogP contribution in [0.25, 0.3) is 0 Å². The SMILES string of the molecule is CC(=O)O.CC(=O)O.C[Si](C)(O)O[Si](C)(C)O[Si](C)(C)O[Si](C)(C)O. The zero-order chi connectivity index (χ0) is 21.3. The van der Waals surface area contributed by atoms with Crippen molar-refractivity contribution in [2.24, 2.45) is 0 Å². The van der Waals surface area contributed by atoms with E-state index in [9.17, 15) is 9.59 Å². The van der Waals surface area contributed by atoms with Crippen molar-refractivity contribution in [1.82, 2.24) is 0 Å². The summed E-state index contributed by atoms with van der Waals surface area (Å²) in [6, 6.07) is 0. The summed E-state index contributed by atoms with van der Waals surface area (Å²) in [5, 5.41) is 14.8. The second-order valence-electron chi connectivity index (χ2n) is 7.04. The lowest BCUT2D eigenvalue weighted by atomic mass is 10.9. The first kappa shape index (κ1) is 29.4. The molecule has 0 rings (SSSR count). The molecule has 9 nitrogen and oxygen atoms in total. The predicted molar refractivity (Wildman–Crippen MR) is 104 cm³/mol. The maximum absolute atomic E-state index is 9.79. The van der Waals surface area contributed by atoms with Crippen molar-refractivity contribution >= 4 is 46.2 Å². The van der Waals surface area contributed by atoms with E-state index < -0.39 is 46.2 Å². The fourth-order valence-electron chi connectivity index (χ4n) is 1.84. The van der Waals surface area contributed by atoms with Crippen LogP contribution in [0.3, 0.4) is 0 Å². The summed E-state index contributed by atoms with van der Waals surface area (Å²) in [6.07, 6.45) is 0. The minimum absolute atomic E-state index is 0.833. The second-order valence-corrected chi connectivity index (χ2v) is 20.9. The zero-order valence-electron chi connectivity index (χ0n) is 16.8. The topological polar surface area (TPSA) is 143 Å². The molecule has 0 bridgehead atoms. The van der Waals surface area contributed by atoms with E-state index in [0.717, 1.165) is 13.8 Å². The molecule has 152 valence electrons. The standard InChI is InChI=1S/C8H26O5Si4.2C2H4O2/c1-14(2,9)11-16(5,6)13-17(7,8)12-15(3,4)10;2*1-2(3)4/h9-10H,1-8H3;2*1H3,(H,3,4). The fraction of sp³-hybridized carbons (Fsp3) is 0.833. The van der Waals surface area contributed by atoms with Gasteiger partial charge >= 0.3 is 34.2 Å². The molecule has 0 aromatic rings. The number of hydrogen-bond donors (Lipinski definition) is 4. The summed E-state index contributed by atoms with van der Waals surface area (Å²) < 4.78 is 17.3. The van der Waals surface area contributed by atoms with Gasteiger partial charge < -0.3 is 32.1 Å². The van der Waals surface area contributed by atoms with Crippen LogP contribution in [0.15, 0.2) is 0 Å². The molecule has 0 aliphatic carbocycles. The van der Waals surface area contributed by atoms with Gasteiger partial charge in [-0.3, -0.25) is 9.59 Å². The molecule has 0 aromatic carbocycles. The van der Waals surface area contributed by atoms with Crippen LogP contribution in [0.2, 0.25) is 52.4 Å². The Bertz CT molecular complexity index is 368. The maximum Gasteiger partial charge on any atom is 0.320 e. The lowest BCUT2D eigenvalue weighted by molar-refractivity contribution is -0.135. The molecule has 0 aromatic heterocycles. The third-order valence-corrected chi connectivity index (χ3v) is 13.3. The first-order chi connectivity index (χ1) is 10.6. The Morgan fingerprint density at radius 2 is 0.760 bits per heavy atom. The predicted octanol–water partition coefficient (Wildman–Crippen LogP) is 2.01. The normalized spacial score (nSPS) is 12.3. The molecule has 0 heterocycles. The number of carbonyl (C=O) groups is 2. The zero-order valence-corrected chi connectivity index (χ0v) is 20.8. The highest BCUT2D eigenvalue weighted by molar-refractivity contribution is 6.87. The van der Waals surface area contributed by atoms with Crippen molar-refractivity contribution in [3.63, 3.8) is 0 Å². The molecule has 0 saturated heterocycles. The summed E-state index contributed by atoms with van der Waals surface area (Å²) in [4.78, 5) is 37.6. The van der Waals surface area contributed by atoms with Gasteiger partial charge in [0, 0.05) is 13.8 Å². The molecule has 0 atom stereocenters. The van der Waals surface area contributed by atoms with Gasteiger partial charge in [0.1, 0.15) is 0 Å². The van der Waals surface area contributed by atoms with Crippen LogP contribution < -0.4 is 0 Å². The largest absolute Gasteiger partial charge is 0.481 e. The molecule has 0 spiro atoms. The van der Waals surface area contributed by atoms with Gasteiger partial charge in [0.05, 0.1) is 0 Å². The summed E-state index contributed by atoms with van der Waals surface area (Å²) >= 11 is 0. The van der Waals surface area contributed by atoms with Crippen molar-refractivity contribution in [1.29, 1.82) is 0 Å². The molecule has 0 unspecified atom stereocenters. The highest BCUT2D eigenvalue weighted by Gasteiger charge is 2.42. The van der Waals surface area contributed by atoms with Gasteiger partial charge in [-0.05, 0) is 52.4 Å². The van der Waals surface area contributed by atoms with Gasteiger partial charge in [0.2, 0.25) is 0 Å². The molecule has 25 heavy (non-hydrogen) atoms. The Hall–Kier alpha value is -0.392. The average Bonchev–Trinajstić information content (AvgIpc) is 2.01. The molecule has 4 N–H and O–H groups in total. The Balaban J connectivity index is -0.000000503. The molecular weight excluding hydrogens is 400 g/mol. The van der Waals surface area contributed by atoms with Crippen LogP contribution in [0.4, 0.5) is 0 Å². The number of carboxylic acids is 2. The molecule has 0 aliphatic heterocycles. The van der Waals surface area contributed by atoms with Gasteiger partial charge in [-0.1, -0.05) is 0 Å². The monoisotopic (exact) mass is 434 g/mol. The van der Waals surface area contributed by atoms with Crippen LogP contribution in [0.5, 0.6) is 0 Å². The number of carboxylic acid groups (broad SMARTS) is 2. The Labute approximate surface area is 154 Å². The summed E-state index contributed by atoms with van der Waals surface area (Å²) in [5.41, 5.74) is 0. The highest BCUT2D eigenvalue weighted by atomic mass is 28.5. The van der Waals surface area contributed by atoms with E-state index in [1.807, 2.05) is 26.2 Å². The lowest BCUT2D eigenvalue weighted by Crippen LogP contribution is -2.56. The van der Waals surface area contributed by atoms with E-state index in [0.29, 0.717) is 0 Å². The Morgan fingerprint density at radius 3 is 0.880 bits per heavy atom. The van der Waals surface area contributed by atoms with Crippen LogP contribution in [0.1, 0.15) is 13.8 Å². The van der Waals surface area contributed by atoms with Gasteiger partial charge in [0.15, 0.2) is 0 Å². The van der Waals surface area contributed by atoms with Crippen LogP contribution in [-0.2, 0) is 21.9 Å². The van der Waals surface area contributed by atoms with E-state index in [4.69, 9.17) is 32.1 Å². The molecular formula is C12H34O9Si4. The first-order valence-electron chi connectivity index (χ1n) is 7.53. The Morgan fingerprint density at radius 1 is 0.600 bits per heavy atom.